The SMILES string of the molecule is C[C@H](C(=O)NCc1ccc2c(c1)OCO2)N(c1ccc2c(c1)OCCO2)S(C)(=O)=O. The van der Waals surface area contributed by atoms with Crippen LogP contribution in [0.15, 0.2) is 36.4 Å². The Morgan fingerprint density at radius 2 is 1.63 bits per heavy atom. The van der Waals surface area contributed by atoms with E-state index in [1.807, 2.05) is 6.07 Å². The predicted octanol–water partition coefficient (Wildman–Crippen LogP) is 1.66. The Balaban J connectivity index is 1.50. The van der Waals surface area contributed by atoms with Crippen molar-refractivity contribution in [2.75, 3.05) is 30.6 Å². The number of nitrogens with one attached hydrogen (secondary N) is 1. The van der Waals surface area contributed by atoms with Crippen molar-refractivity contribution in [3.8, 4) is 23.0 Å². The summed E-state index contributed by atoms with van der Waals surface area (Å²) in [6.07, 6.45) is 1.06. The standard InChI is InChI=1S/C20H22N2O7S/c1-13(20(23)21-11-14-3-5-17-18(9-14)29-12-28-17)22(30(2,24)25)15-4-6-16-19(10-15)27-8-7-26-16/h3-6,9-10,13H,7-8,11-12H2,1-2H3,(H,21,23)/t13-/m1/s1. The van der Waals surface area contributed by atoms with E-state index in [0.29, 0.717) is 41.9 Å². The first kappa shape index (κ1) is 20.1. The number of hydrogen-bond acceptors (Lipinski definition) is 7. The normalized spacial score (nSPS) is 15.4. The third-order valence-electron chi connectivity index (χ3n) is 4.77. The predicted molar refractivity (Wildman–Crippen MR) is 109 cm³/mol. The highest BCUT2D eigenvalue weighted by Crippen LogP contribution is 2.35. The van der Waals surface area contributed by atoms with Gasteiger partial charge >= 0.3 is 0 Å². The van der Waals surface area contributed by atoms with Crippen molar-refractivity contribution in [1.29, 1.82) is 0 Å². The molecular formula is C20H22N2O7S. The van der Waals surface area contributed by atoms with Crippen molar-refractivity contribution < 1.29 is 32.2 Å². The van der Waals surface area contributed by atoms with E-state index in [2.05, 4.69) is 5.32 Å². The monoisotopic (exact) mass is 434 g/mol. The van der Waals surface area contributed by atoms with Gasteiger partial charge in [0.25, 0.3) is 0 Å². The second-order valence-corrected chi connectivity index (χ2v) is 8.83. The lowest BCUT2D eigenvalue weighted by Gasteiger charge is -2.29. The van der Waals surface area contributed by atoms with Crippen molar-refractivity contribution in [2.24, 2.45) is 0 Å². The third kappa shape index (κ3) is 4.09. The molecule has 4 rings (SSSR count). The maximum atomic E-state index is 12.8. The van der Waals surface area contributed by atoms with Gasteiger partial charge in [0, 0.05) is 12.6 Å². The number of ether oxygens (including phenoxy) is 4. The summed E-state index contributed by atoms with van der Waals surface area (Å²) < 4.78 is 47.7. The van der Waals surface area contributed by atoms with Gasteiger partial charge in [-0.1, -0.05) is 6.07 Å². The molecule has 2 aromatic carbocycles. The molecule has 0 unspecified atom stereocenters. The van der Waals surface area contributed by atoms with Gasteiger partial charge in [-0.2, -0.15) is 0 Å². The lowest BCUT2D eigenvalue weighted by molar-refractivity contribution is -0.122. The van der Waals surface area contributed by atoms with Crippen LogP contribution in [0.5, 0.6) is 23.0 Å². The fourth-order valence-corrected chi connectivity index (χ4v) is 4.53. The van der Waals surface area contributed by atoms with Crippen LogP contribution in [0.3, 0.4) is 0 Å². The second kappa shape index (κ2) is 7.94. The molecule has 0 saturated carbocycles. The molecule has 2 aromatic rings. The van der Waals surface area contributed by atoms with Gasteiger partial charge in [-0.15, -0.1) is 0 Å². The van der Waals surface area contributed by atoms with Gasteiger partial charge in [-0.3, -0.25) is 9.10 Å². The second-order valence-electron chi connectivity index (χ2n) is 6.97. The molecule has 2 aliphatic rings. The molecule has 0 spiro atoms. The molecule has 0 aromatic heterocycles. The number of carbonyl (C=O) groups excluding carboxylic acids is 1. The third-order valence-corrected chi connectivity index (χ3v) is 6.01. The Morgan fingerprint density at radius 3 is 2.40 bits per heavy atom. The Hall–Kier alpha value is -3.14. The minimum absolute atomic E-state index is 0.168. The fourth-order valence-electron chi connectivity index (χ4n) is 3.37. The van der Waals surface area contributed by atoms with Crippen LogP contribution >= 0.6 is 0 Å². The van der Waals surface area contributed by atoms with Gasteiger partial charge in [0.05, 0.1) is 11.9 Å². The zero-order valence-electron chi connectivity index (χ0n) is 16.6. The summed E-state index contributed by atoms with van der Waals surface area (Å²) in [6, 6.07) is 9.19. The van der Waals surface area contributed by atoms with Gasteiger partial charge in [0.2, 0.25) is 22.7 Å². The fraction of sp³-hybridized carbons (Fsp3) is 0.350. The molecule has 10 heteroatoms. The van der Waals surface area contributed by atoms with E-state index in [-0.39, 0.29) is 13.3 Å². The molecule has 1 atom stereocenters. The number of anilines is 1. The summed E-state index contributed by atoms with van der Waals surface area (Å²) in [5.74, 6) is 1.82. The maximum absolute atomic E-state index is 12.8. The number of rotatable bonds is 6. The summed E-state index contributed by atoms with van der Waals surface area (Å²) in [5.41, 5.74) is 1.14. The molecule has 0 fully saturated rings. The Morgan fingerprint density at radius 1 is 1.00 bits per heavy atom. The molecule has 0 bridgehead atoms. The average Bonchev–Trinajstić information content (AvgIpc) is 3.19. The number of nitrogens with zero attached hydrogens (tertiary/aromatic N) is 1. The zero-order chi connectivity index (χ0) is 21.3. The van der Waals surface area contributed by atoms with Crippen LogP contribution in [-0.2, 0) is 21.4 Å². The molecule has 2 aliphatic heterocycles. The van der Waals surface area contributed by atoms with E-state index in [0.717, 1.165) is 16.1 Å². The van der Waals surface area contributed by atoms with Gasteiger partial charge in [-0.25, -0.2) is 8.42 Å². The van der Waals surface area contributed by atoms with Gasteiger partial charge in [-0.05, 0) is 36.8 Å². The highest BCUT2D eigenvalue weighted by atomic mass is 32.2. The minimum Gasteiger partial charge on any atom is -0.486 e. The molecule has 160 valence electrons. The molecular weight excluding hydrogens is 412 g/mol. The first-order valence-electron chi connectivity index (χ1n) is 9.38. The van der Waals surface area contributed by atoms with Crippen LogP contribution in [0, 0.1) is 0 Å². The van der Waals surface area contributed by atoms with Crippen molar-refractivity contribution >= 4 is 21.6 Å². The number of carbonyl (C=O) groups is 1. The highest BCUT2D eigenvalue weighted by molar-refractivity contribution is 7.92. The minimum atomic E-state index is -3.74. The molecule has 1 N–H and O–H groups in total. The lowest BCUT2D eigenvalue weighted by atomic mass is 10.2. The van der Waals surface area contributed by atoms with E-state index in [4.69, 9.17) is 18.9 Å². The summed E-state index contributed by atoms with van der Waals surface area (Å²) >= 11 is 0. The molecule has 0 aliphatic carbocycles. The van der Waals surface area contributed by atoms with E-state index in [9.17, 15) is 13.2 Å². The lowest BCUT2D eigenvalue weighted by Crippen LogP contribution is -2.47. The first-order chi connectivity index (χ1) is 14.3. The van der Waals surface area contributed by atoms with Crippen LogP contribution in [0.25, 0.3) is 0 Å². The van der Waals surface area contributed by atoms with Gasteiger partial charge in [0.1, 0.15) is 19.3 Å². The summed E-state index contributed by atoms with van der Waals surface area (Å²) in [7, 11) is -3.74. The van der Waals surface area contributed by atoms with Crippen LogP contribution in [0.2, 0.25) is 0 Å². The average molecular weight is 434 g/mol. The Kier molecular flexibility index (Phi) is 5.33. The van der Waals surface area contributed by atoms with E-state index < -0.39 is 22.0 Å². The van der Waals surface area contributed by atoms with Crippen LogP contribution in [-0.4, -0.2) is 46.6 Å². The van der Waals surface area contributed by atoms with E-state index in [1.54, 1.807) is 30.3 Å². The van der Waals surface area contributed by atoms with Crippen molar-refractivity contribution in [3.63, 3.8) is 0 Å². The van der Waals surface area contributed by atoms with Gasteiger partial charge in [0.15, 0.2) is 23.0 Å². The first-order valence-corrected chi connectivity index (χ1v) is 11.2. The van der Waals surface area contributed by atoms with E-state index >= 15 is 0 Å². The molecule has 9 nitrogen and oxygen atoms in total. The van der Waals surface area contributed by atoms with Crippen molar-refractivity contribution in [2.45, 2.75) is 19.5 Å². The topological polar surface area (TPSA) is 103 Å². The quantitative estimate of drug-likeness (QED) is 0.737. The summed E-state index contributed by atoms with van der Waals surface area (Å²) in [5, 5.41) is 2.78. The molecule has 1 amide bonds. The molecule has 0 radical (unpaired) electrons. The van der Waals surface area contributed by atoms with Crippen LogP contribution in [0.4, 0.5) is 5.69 Å². The number of benzene rings is 2. The molecule has 2 heterocycles. The summed E-state index contributed by atoms with van der Waals surface area (Å²) in [6.45, 7) is 2.73. The van der Waals surface area contributed by atoms with E-state index in [1.165, 1.54) is 6.92 Å². The zero-order valence-corrected chi connectivity index (χ0v) is 17.4. The van der Waals surface area contributed by atoms with Gasteiger partial charge < -0.3 is 24.3 Å². The van der Waals surface area contributed by atoms with Crippen LogP contribution < -0.4 is 28.6 Å². The maximum Gasteiger partial charge on any atom is 0.243 e. The Bertz CT molecular complexity index is 1070. The van der Waals surface area contributed by atoms with Crippen molar-refractivity contribution in [1.82, 2.24) is 5.32 Å². The Labute approximate surface area is 174 Å². The number of sulfonamides is 1. The largest absolute Gasteiger partial charge is 0.486 e. The van der Waals surface area contributed by atoms with Crippen molar-refractivity contribution in [3.05, 3.63) is 42.0 Å². The molecule has 0 saturated heterocycles. The smallest absolute Gasteiger partial charge is 0.243 e. The van der Waals surface area contributed by atoms with Crippen LogP contribution in [0.1, 0.15) is 12.5 Å². The number of hydrogen-bond donors (Lipinski definition) is 1. The number of fused-ring (bicyclic) bond motifs is 2. The molecule has 30 heavy (non-hydrogen) atoms. The summed E-state index contributed by atoms with van der Waals surface area (Å²) in [4.78, 5) is 12.8. The number of amides is 1. The highest BCUT2D eigenvalue weighted by Gasteiger charge is 2.30.